The van der Waals surface area contributed by atoms with Crippen molar-refractivity contribution in [2.45, 2.75) is 52.1 Å². The summed E-state index contributed by atoms with van der Waals surface area (Å²) in [5.74, 6) is -0.328. The minimum atomic E-state index is -0.510. The second kappa shape index (κ2) is 8.10. The molecule has 5 nitrogen and oxygen atoms in total. The van der Waals surface area contributed by atoms with Crippen LogP contribution in [0.1, 0.15) is 40.0 Å². The summed E-state index contributed by atoms with van der Waals surface area (Å²) < 4.78 is 0. The van der Waals surface area contributed by atoms with Gasteiger partial charge < -0.3 is 15.7 Å². The van der Waals surface area contributed by atoms with E-state index in [1.807, 2.05) is 13.8 Å². The molecule has 0 bridgehead atoms. The molecule has 0 aromatic rings. The highest BCUT2D eigenvalue weighted by Crippen LogP contribution is 1.95. The summed E-state index contributed by atoms with van der Waals surface area (Å²) in [6.45, 7) is 5.49. The molecular weight excluding hydrogens is 208 g/mol. The highest BCUT2D eigenvalue weighted by molar-refractivity contribution is 5.87. The number of unbranched alkanes of at least 4 members (excludes halogenated alkanes) is 1. The van der Waals surface area contributed by atoms with Gasteiger partial charge in [0.2, 0.25) is 11.8 Å². The van der Waals surface area contributed by atoms with Gasteiger partial charge in [-0.15, -0.1) is 0 Å². The Morgan fingerprint density at radius 3 is 2.25 bits per heavy atom. The Balaban J connectivity index is 3.80. The monoisotopic (exact) mass is 230 g/mol. The zero-order chi connectivity index (χ0) is 12.6. The molecule has 5 heteroatoms. The van der Waals surface area contributed by atoms with Gasteiger partial charge in [0.25, 0.3) is 0 Å². The second-order valence-corrected chi connectivity index (χ2v) is 4.13. The molecule has 0 aromatic carbocycles. The van der Waals surface area contributed by atoms with Crippen molar-refractivity contribution in [1.29, 1.82) is 0 Å². The van der Waals surface area contributed by atoms with Crippen molar-refractivity contribution in [2.75, 3.05) is 6.61 Å². The summed E-state index contributed by atoms with van der Waals surface area (Å²) in [6.07, 6.45) is 1.60. The maximum absolute atomic E-state index is 11.5. The van der Waals surface area contributed by atoms with Gasteiger partial charge in [0.15, 0.2) is 0 Å². The van der Waals surface area contributed by atoms with Crippen LogP contribution in [0.3, 0.4) is 0 Å². The minimum Gasteiger partial charge on any atom is -0.396 e. The zero-order valence-electron chi connectivity index (χ0n) is 10.2. The van der Waals surface area contributed by atoms with Gasteiger partial charge in [-0.25, -0.2) is 0 Å². The lowest BCUT2D eigenvalue weighted by Crippen LogP contribution is -2.46. The van der Waals surface area contributed by atoms with Gasteiger partial charge in [-0.05, 0) is 33.6 Å². The highest BCUT2D eigenvalue weighted by Gasteiger charge is 2.15. The fourth-order valence-electron chi connectivity index (χ4n) is 1.19. The summed E-state index contributed by atoms with van der Waals surface area (Å²) >= 11 is 0. The highest BCUT2D eigenvalue weighted by atomic mass is 16.3. The van der Waals surface area contributed by atoms with Crippen LogP contribution >= 0.6 is 0 Å². The molecule has 0 aliphatic heterocycles. The molecule has 0 saturated carbocycles. The number of carbonyl (C=O) groups is 2. The first-order chi connectivity index (χ1) is 7.47. The molecule has 0 saturated heterocycles. The Labute approximate surface area is 96.6 Å². The van der Waals surface area contributed by atoms with Crippen LogP contribution in [0.25, 0.3) is 0 Å². The van der Waals surface area contributed by atoms with Crippen molar-refractivity contribution in [3.8, 4) is 0 Å². The van der Waals surface area contributed by atoms with Gasteiger partial charge in [-0.1, -0.05) is 0 Å². The summed E-state index contributed by atoms with van der Waals surface area (Å²) in [7, 11) is 0. The molecule has 0 aromatic heterocycles. The van der Waals surface area contributed by atoms with Crippen LogP contribution in [0.5, 0.6) is 0 Å². The average Bonchev–Trinajstić information content (AvgIpc) is 2.16. The van der Waals surface area contributed by atoms with Gasteiger partial charge in [0.05, 0.1) is 0 Å². The summed E-state index contributed by atoms with van der Waals surface area (Å²) in [4.78, 5) is 22.8. The molecule has 3 N–H and O–H groups in total. The molecule has 0 aliphatic carbocycles. The number of aliphatic hydroxyl groups excluding tert-OH is 1. The Morgan fingerprint density at radius 2 is 1.75 bits per heavy atom. The van der Waals surface area contributed by atoms with Crippen LogP contribution in [0.2, 0.25) is 0 Å². The summed E-state index contributed by atoms with van der Waals surface area (Å²) in [5, 5.41) is 13.9. The molecule has 16 heavy (non-hydrogen) atoms. The molecule has 0 heterocycles. The van der Waals surface area contributed by atoms with Crippen LogP contribution in [0, 0.1) is 0 Å². The first-order valence-corrected chi connectivity index (χ1v) is 5.68. The van der Waals surface area contributed by atoms with Crippen LogP contribution in [-0.2, 0) is 9.59 Å². The molecule has 0 rings (SSSR count). The predicted molar refractivity (Wildman–Crippen MR) is 61.8 cm³/mol. The predicted octanol–water partition coefficient (Wildman–Crippen LogP) is 0.178. The second-order valence-electron chi connectivity index (χ2n) is 4.13. The summed E-state index contributed by atoms with van der Waals surface area (Å²) in [6, 6.07) is -0.440. The van der Waals surface area contributed by atoms with E-state index in [-0.39, 0.29) is 24.5 Å². The Bertz CT molecular complexity index is 229. The van der Waals surface area contributed by atoms with Gasteiger partial charge in [-0.3, -0.25) is 9.59 Å². The fraction of sp³-hybridized carbons (Fsp3) is 0.818. The van der Waals surface area contributed by atoms with E-state index in [2.05, 4.69) is 10.6 Å². The standard InChI is InChI=1S/C11H22N2O3/c1-8(2)12-11(16)9(3)13-10(15)6-4-5-7-14/h8-9,14H,4-7H2,1-3H3,(H,12,16)(H,13,15). The first kappa shape index (κ1) is 14.9. The van der Waals surface area contributed by atoms with Gasteiger partial charge in [0, 0.05) is 19.1 Å². The Kier molecular flexibility index (Phi) is 7.54. The van der Waals surface area contributed by atoms with Crippen LogP contribution in [0.15, 0.2) is 0 Å². The molecule has 94 valence electrons. The van der Waals surface area contributed by atoms with E-state index in [0.717, 1.165) is 0 Å². The van der Waals surface area contributed by atoms with Crippen molar-refractivity contribution < 1.29 is 14.7 Å². The molecule has 1 unspecified atom stereocenters. The number of carbonyl (C=O) groups excluding carboxylic acids is 2. The lowest BCUT2D eigenvalue weighted by atomic mass is 10.2. The van der Waals surface area contributed by atoms with Gasteiger partial charge in [-0.2, -0.15) is 0 Å². The topological polar surface area (TPSA) is 78.4 Å². The smallest absolute Gasteiger partial charge is 0.242 e. The molecule has 0 aliphatic rings. The van der Waals surface area contributed by atoms with Gasteiger partial charge >= 0.3 is 0 Å². The first-order valence-electron chi connectivity index (χ1n) is 5.68. The molecule has 1 atom stereocenters. The number of aliphatic hydroxyl groups is 1. The quantitative estimate of drug-likeness (QED) is 0.546. The SMILES string of the molecule is CC(C)NC(=O)C(C)NC(=O)CCCCO. The van der Waals surface area contributed by atoms with E-state index in [1.165, 1.54) is 0 Å². The normalized spacial score (nSPS) is 12.3. The van der Waals surface area contributed by atoms with Crippen LogP contribution in [0.4, 0.5) is 0 Å². The molecule has 0 spiro atoms. The number of hydrogen-bond acceptors (Lipinski definition) is 3. The van der Waals surface area contributed by atoms with Crippen LogP contribution < -0.4 is 10.6 Å². The van der Waals surface area contributed by atoms with E-state index in [1.54, 1.807) is 6.92 Å². The van der Waals surface area contributed by atoms with Crippen molar-refractivity contribution in [3.63, 3.8) is 0 Å². The maximum Gasteiger partial charge on any atom is 0.242 e. The minimum absolute atomic E-state index is 0.0706. The van der Waals surface area contributed by atoms with Crippen LogP contribution in [-0.4, -0.2) is 35.6 Å². The molecule has 0 radical (unpaired) electrons. The van der Waals surface area contributed by atoms with Crippen molar-refractivity contribution in [3.05, 3.63) is 0 Å². The average molecular weight is 230 g/mol. The third-order valence-corrected chi connectivity index (χ3v) is 2.01. The van der Waals surface area contributed by atoms with E-state index >= 15 is 0 Å². The van der Waals surface area contributed by atoms with Crippen molar-refractivity contribution in [2.24, 2.45) is 0 Å². The molecule has 2 amide bonds. The lowest BCUT2D eigenvalue weighted by Gasteiger charge is -2.15. The largest absolute Gasteiger partial charge is 0.396 e. The van der Waals surface area contributed by atoms with E-state index in [9.17, 15) is 9.59 Å². The number of amides is 2. The van der Waals surface area contributed by atoms with E-state index < -0.39 is 6.04 Å². The number of nitrogens with one attached hydrogen (secondary N) is 2. The fourth-order valence-corrected chi connectivity index (χ4v) is 1.19. The Hall–Kier alpha value is -1.10. The van der Waals surface area contributed by atoms with Crippen molar-refractivity contribution in [1.82, 2.24) is 10.6 Å². The maximum atomic E-state index is 11.5. The molecule has 0 fully saturated rings. The number of hydrogen-bond donors (Lipinski definition) is 3. The lowest BCUT2D eigenvalue weighted by molar-refractivity contribution is -0.128. The third-order valence-electron chi connectivity index (χ3n) is 2.01. The Morgan fingerprint density at radius 1 is 1.12 bits per heavy atom. The van der Waals surface area contributed by atoms with Gasteiger partial charge in [0.1, 0.15) is 6.04 Å². The van der Waals surface area contributed by atoms with E-state index in [4.69, 9.17) is 5.11 Å². The van der Waals surface area contributed by atoms with Crippen molar-refractivity contribution >= 4 is 11.8 Å². The summed E-state index contributed by atoms with van der Waals surface area (Å²) in [5.41, 5.74) is 0. The third kappa shape index (κ3) is 7.23. The molecular formula is C11H22N2O3. The number of rotatable bonds is 7. The zero-order valence-corrected chi connectivity index (χ0v) is 10.2. The van der Waals surface area contributed by atoms with E-state index in [0.29, 0.717) is 19.3 Å².